The Bertz CT molecular complexity index is 452. The molecule has 5 heteroatoms. The van der Waals surface area contributed by atoms with Crippen LogP contribution in [-0.2, 0) is 16.1 Å². The molecule has 2 atom stereocenters. The molecule has 1 heterocycles. The van der Waals surface area contributed by atoms with Crippen molar-refractivity contribution in [1.29, 1.82) is 0 Å². The highest BCUT2D eigenvalue weighted by molar-refractivity contribution is 5.83. The average molecular weight is 252 g/mol. The Morgan fingerprint density at radius 3 is 2.94 bits per heavy atom. The third kappa shape index (κ3) is 2.37. The van der Waals surface area contributed by atoms with Gasteiger partial charge in [-0.15, -0.1) is 0 Å². The van der Waals surface area contributed by atoms with Crippen molar-refractivity contribution < 1.29 is 13.9 Å². The molecule has 0 aromatic heterocycles. The van der Waals surface area contributed by atoms with Crippen molar-refractivity contribution in [3.63, 3.8) is 0 Å². The standard InChI is InChI=1S/C13H17FN2O2/c1-13(8-18-7-11(13)15)12(17)16-6-9-4-2-3-5-10(9)14/h2-5,11H,6-8,15H2,1H3,(H,16,17). The largest absolute Gasteiger partial charge is 0.379 e. The summed E-state index contributed by atoms with van der Waals surface area (Å²) in [5.74, 6) is -0.523. The van der Waals surface area contributed by atoms with Crippen LogP contribution in [0.2, 0.25) is 0 Å². The van der Waals surface area contributed by atoms with E-state index in [9.17, 15) is 9.18 Å². The Morgan fingerprint density at radius 2 is 2.33 bits per heavy atom. The smallest absolute Gasteiger partial charge is 0.230 e. The fourth-order valence-electron chi connectivity index (χ4n) is 1.94. The first-order valence-electron chi connectivity index (χ1n) is 5.89. The number of rotatable bonds is 3. The van der Waals surface area contributed by atoms with Crippen LogP contribution in [0.15, 0.2) is 24.3 Å². The maximum Gasteiger partial charge on any atom is 0.230 e. The molecular formula is C13H17FN2O2. The van der Waals surface area contributed by atoms with E-state index >= 15 is 0 Å². The topological polar surface area (TPSA) is 64.3 Å². The van der Waals surface area contributed by atoms with Crippen LogP contribution in [0.1, 0.15) is 12.5 Å². The fraction of sp³-hybridized carbons (Fsp3) is 0.462. The lowest BCUT2D eigenvalue weighted by Gasteiger charge is -2.25. The number of amides is 1. The zero-order valence-electron chi connectivity index (χ0n) is 10.3. The number of benzene rings is 1. The van der Waals surface area contributed by atoms with Gasteiger partial charge in [-0.05, 0) is 13.0 Å². The highest BCUT2D eigenvalue weighted by atomic mass is 19.1. The van der Waals surface area contributed by atoms with Gasteiger partial charge in [0, 0.05) is 18.2 Å². The van der Waals surface area contributed by atoms with E-state index in [0.29, 0.717) is 18.8 Å². The maximum atomic E-state index is 13.4. The van der Waals surface area contributed by atoms with Crippen molar-refractivity contribution in [2.45, 2.75) is 19.5 Å². The molecule has 0 aliphatic carbocycles. The van der Waals surface area contributed by atoms with E-state index in [0.717, 1.165) is 0 Å². The van der Waals surface area contributed by atoms with Crippen molar-refractivity contribution in [2.24, 2.45) is 11.1 Å². The predicted octanol–water partition coefficient (Wildman–Crippen LogP) is 0.806. The molecule has 3 N–H and O–H groups in total. The molecular weight excluding hydrogens is 235 g/mol. The summed E-state index contributed by atoms with van der Waals surface area (Å²) in [5.41, 5.74) is 5.58. The van der Waals surface area contributed by atoms with Gasteiger partial charge in [0.1, 0.15) is 5.82 Å². The predicted molar refractivity (Wildman–Crippen MR) is 65.1 cm³/mol. The summed E-state index contributed by atoms with van der Waals surface area (Å²) in [4.78, 5) is 12.1. The van der Waals surface area contributed by atoms with Crippen LogP contribution < -0.4 is 11.1 Å². The number of carbonyl (C=O) groups excluding carboxylic acids is 1. The zero-order chi connectivity index (χ0) is 13.2. The number of nitrogens with one attached hydrogen (secondary N) is 1. The molecule has 18 heavy (non-hydrogen) atoms. The molecule has 1 aromatic carbocycles. The van der Waals surface area contributed by atoms with Gasteiger partial charge in [0.25, 0.3) is 0 Å². The summed E-state index contributed by atoms with van der Waals surface area (Å²) in [6.45, 7) is 2.61. The van der Waals surface area contributed by atoms with E-state index in [-0.39, 0.29) is 24.3 Å². The van der Waals surface area contributed by atoms with Crippen molar-refractivity contribution in [2.75, 3.05) is 13.2 Å². The molecule has 0 spiro atoms. The summed E-state index contributed by atoms with van der Waals surface area (Å²) in [7, 11) is 0. The molecule has 0 bridgehead atoms. The van der Waals surface area contributed by atoms with Crippen molar-refractivity contribution in [3.05, 3.63) is 35.6 Å². The third-order valence-electron chi connectivity index (χ3n) is 3.43. The lowest BCUT2D eigenvalue weighted by Crippen LogP contribution is -2.49. The van der Waals surface area contributed by atoms with Gasteiger partial charge >= 0.3 is 0 Å². The Hall–Kier alpha value is -1.46. The fourth-order valence-corrected chi connectivity index (χ4v) is 1.94. The summed E-state index contributed by atoms with van der Waals surface area (Å²) in [6, 6.07) is 6.04. The first kappa shape index (κ1) is 13.0. The van der Waals surface area contributed by atoms with Crippen LogP contribution in [0, 0.1) is 11.2 Å². The van der Waals surface area contributed by atoms with Gasteiger partial charge in [0.15, 0.2) is 0 Å². The highest BCUT2D eigenvalue weighted by Crippen LogP contribution is 2.27. The van der Waals surface area contributed by atoms with Gasteiger partial charge in [-0.1, -0.05) is 18.2 Å². The summed E-state index contributed by atoms with van der Waals surface area (Å²) >= 11 is 0. The van der Waals surface area contributed by atoms with Gasteiger partial charge in [0.05, 0.1) is 18.6 Å². The first-order valence-corrected chi connectivity index (χ1v) is 5.89. The molecule has 0 radical (unpaired) electrons. The van der Waals surface area contributed by atoms with Crippen LogP contribution in [0.4, 0.5) is 4.39 Å². The second kappa shape index (κ2) is 5.04. The lowest BCUT2D eigenvalue weighted by atomic mass is 9.85. The highest BCUT2D eigenvalue weighted by Gasteiger charge is 2.44. The molecule has 1 aliphatic heterocycles. The van der Waals surface area contributed by atoms with Crippen molar-refractivity contribution in [3.8, 4) is 0 Å². The van der Waals surface area contributed by atoms with Gasteiger partial charge < -0.3 is 15.8 Å². The first-order chi connectivity index (χ1) is 8.54. The van der Waals surface area contributed by atoms with Crippen molar-refractivity contribution in [1.82, 2.24) is 5.32 Å². The molecule has 1 saturated heterocycles. The molecule has 2 rings (SSSR count). The van der Waals surface area contributed by atoms with E-state index < -0.39 is 5.41 Å². The van der Waals surface area contributed by atoms with E-state index in [2.05, 4.69) is 5.32 Å². The van der Waals surface area contributed by atoms with E-state index in [1.807, 2.05) is 0 Å². The number of nitrogens with two attached hydrogens (primary N) is 1. The zero-order valence-corrected chi connectivity index (χ0v) is 10.3. The number of ether oxygens (including phenoxy) is 1. The van der Waals surface area contributed by atoms with Crippen LogP contribution in [0.3, 0.4) is 0 Å². The van der Waals surface area contributed by atoms with Crippen molar-refractivity contribution >= 4 is 5.91 Å². The Labute approximate surface area is 105 Å². The van der Waals surface area contributed by atoms with Gasteiger partial charge in [-0.3, -0.25) is 4.79 Å². The summed E-state index contributed by atoms with van der Waals surface area (Å²) < 4.78 is 18.6. The molecule has 4 nitrogen and oxygen atoms in total. The molecule has 1 aromatic rings. The SMILES string of the molecule is CC1(C(=O)NCc2ccccc2F)COCC1N. The monoisotopic (exact) mass is 252 g/mol. The molecule has 2 unspecified atom stereocenters. The number of halogens is 1. The molecule has 1 aliphatic rings. The van der Waals surface area contributed by atoms with Gasteiger partial charge in [0.2, 0.25) is 5.91 Å². The Balaban J connectivity index is 1.99. The summed E-state index contributed by atoms with van der Waals surface area (Å²) in [5, 5.41) is 2.71. The molecule has 98 valence electrons. The summed E-state index contributed by atoms with van der Waals surface area (Å²) in [6.07, 6.45) is 0. The van der Waals surface area contributed by atoms with E-state index in [1.54, 1.807) is 25.1 Å². The van der Waals surface area contributed by atoms with E-state index in [4.69, 9.17) is 10.5 Å². The van der Waals surface area contributed by atoms with Gasteiger partial charge in [-0.2, -0.15) is 0 Å². The molecule has 1 fully saturated rings. The average Bonchev–Trinajstić information content (AvgIpc) is 2.69. The third-order valence-corrected chi connectivity index (χ3v) is 3.43. The second-order valence-electron chi connectivity index (χ2n) is 4.81. The minimum atomic E-state index is -0.731. The minimum Gasteiger partial charge on any atom is -0.379 e. The Kier molecular flexibility index (Phi) is 3.63. The number of hydrogen-bond acceptors (Lipinski definition) is 3. The lowest BCUT2D eigenvalue weighted by molar-refractivity contribution is -0.130. The van der Waals surface area contributed by atoms with Crippen LogP contribution in [-0.4, -0.2) is 25.2 Å². The van der Waals surface area contributed by atoms with E-state index in [1.165, 1.54) is 6.07 Å². The van der Waals surface area contributed by atoms with Gasteiger partial charge in [-0.25, -0.2) is 4.39 Å². The quantitative estimate of drug-likeness (QED) is 0.836. The number of carbonyl (C=O) groups is 1. The van der Waals surface area contributed by atoms with Crippen LogP contribution in [0.25, 0.3) is 0 Å². The van der Waals surface area contributed by atoms with Crippen LogP contribution >= 0.6 is 0 Å². The number of hydrogen-bond donors (Lipinski definition) is 2. The normalized spacial score (nSPS) is 27.2. The molecule has 0 saturated carbocycles. The maximum absolute atomic E-state index is 13.4. The minimum absolute atomic E-state index is 0.161. The molecule has 1 amide bonds. The second-order valence-corrected chi connectivity index (χ2v) is 4.81. The van der Waals surface area contributed by atoms with Crippen LogP contribution in [0.5, 0.6) is 0 Å². The Morgan fingerprint density at radius 1 is 1.61 bits per heavy atom.